The van der Waals surface area contributed by atoms with Crippen LogP contribution in [0.5, 0.6) is 11.5 Å². The van der Waals surface area contributed by atoms with Crippen LogP contribution in [-0.2, 0) is 11.3 Å². The van der Waals surface area contributed by atoms with E-state index in [1.54, 1.807) is 14.2 Å². The van der Waals surface area contributed by atoms with E-state index in [1.165, 1.54) is 11.1 Å². The number of ether oxygens (including phenoxy) is 3. The number of aryl methyl sites for hydroxylation is 1. The predicted octanol–water partition coefficient (Wildman–Crippen LogP) is 2.21. The molecule has 5 heteroatoms. The smallest absolute Gasteiger partial charge is 0.161 e. The van der Waals surface area contributed by atoms with Gasteiger partial charge in [-0.25, -0.2) is 0 Å². The van der Waals surface area contributed by atoms with Crippen molar-refractivity contribution < 1.29 is 14.2 Å². The van der Waals surface area contributed by atoms with Crippen molar-refractivity contribution in [3.8, 4) is 11.5 Å². The molecule has 0 spiro atoms. The van der Waals surface area contributed by atoms with Crippen molar-refractivity contribution in [3.05, 3.63) is 23.3 Å². The molecule has 0 bridgehead atoms. The predicted molar refractivity (Wildman–Crippen MR) is 92.4 cm³/mol. The van der Waals surface area contributed by atoms with E-state index < -0.39 is 0 Å². The Balaban J connectivity index is 1.90. The molecular formula is C18H30N2O3. The summed E-state index contributed by atoms with van der Waals surface area (Å²) in [6, 6.07) is 5.07. The molecule has 1 heterocycles. The Morgan fingerprint density at radius 3 is 2.65 bits per heavy atom. The Hall–Kier alpha value is -1.30. The van der Waals surface area contributed by atoms with Gasteiger partial charge < -0.3 is 19.5 Å². The topological polar surface area (TPSA) is 43.0 Å². The van der Waals surface area contributed by atoms with Crippen molar-refractivity contribution in [3.63, 3.8) is 0 Å². The molecular weight excluding hydrogens is 292 g/mol. The van der Waals surface area contributed by atoms with Crippen molar-refractivity contribution in [2.45, 2.75) is 39.4 Å². The molecule has 0 unspecified atom stereocenters. The third-order valence-electron chi connectivity index (χ3n) is 4.58. The van der Waals surface area contributed by atoms with Gasteiger partial charge in [-0.05, 0) is 44.0 Å². The van der Waals surface area contributed by atoms with Gasteiger partial charge in [-0.15, -0.1) is 0 Å². The summed E-state index contributed by atoms with van der Waals surface area (Å²) in [6.45, 7) is 11.1. The van der Waals surface area contributed by atoms with Crippen LogP contribution in [-0.4, -0.2) is 57.5 Å². The summed E-state index contributed by atoms with van der Waals surface area (Å²) in [7, 11) is 3.34. The largest absolute Gasteiger partial charge is 0.493 e. The summed E-state index contributed by atoms with van der Waals surface area (Å²) >= 11 is 0. The van der Waals surface area contributed by atoms with Crippen LogP contribution in [0.15, 0.2) is 12.1 Å². The molecule has 23 heavy (non-hydrogen) atoms. The van der Waals surface area contributed by atoms with Gasteiger partial charge in [-0.1, -0.05) is 0 Å². The summed E-state index contributed by atoms with van der Waals surface area (Å²) in [4.78, 5) is 2.51. The molecule has 0 saturated carbocycles. The first-order valence-corrected chi connectivity index (χ1v) is 8.32. The molecule has 5 nitrogen and oxygen atoms in total. The minimum atomic E-state index is 0.489. The fourth-order valence-electron chi connectivity index (χ4n) is 3.14. The number of nitrogens with one attached hydrogen (secondary N) is 1. The molecule has 2 atom stereocenters. The summed E-state index contributed by atoms with van der Waals surface area (Å²) < 4.78 is 16.2. The van der Waals surface area contributed by atoms with Gasteiger partial charge >= 0.3 is 0 Å². The molecule has 1 fully saturated rings. The Morgan fingerprint density at radius 2 is 2.00 bits per heavy atom. The lowest BCUT2D eigenvalue weighted by Crippen LogP contribution is -2.51. The third kappa shape index (κ3) is 4.59. The molecule has 0 amide bonds. The molecule has 1 saturated heterocycles. The van der Waals surface area contributed by atoms with Gasteiger partial charge in [0.2, 0.25) is 0 Å². The lowest BCUT2D eigenvalue weighted by Gasteiger charge is -2.38. The SMILES string of the molecule is COc1cc(C)c(CNC[C@H](C)N2CCOC[C@H]2C)cc1OC. The van der Waals surface area contributed by atoms with Crippen LogP contribution in [0, 0.1) is 6.92 Å². The number of rotatable bonds is 7. The van der Waals surface area contributed by atoms with Gasteiger partial charge in [0.05, 0.1) is 27.4 Å². The number of morpholine rings is 1. The fourth-order valence-corrected chi connectivity index (χ4v) is 3.14. The number of nitrogens with zero attached hydrogens (tertiary/aromatic N) is 1. The average molecular weight is 322 g/mol. The van der Waals surface area contributed by atoms with Crippen molar-refractivity contribution in [1.82, 2.24) is 10.2 Å². The molecule has 1 aromatic carbocycles. The monoisotopic (exact) mass is 322 g/mol. The zero-order chi connectivity index (χ0) is 16.8. The van der Waals surface area contributed by atoms with E-state index in [1.807, 2.05) is 6.07 Å². The van der Waals surface area contributed by atoms with Crippen LogP contribution in [0.4, 0.5) is 0 Å². The van der Waals surface area contributed by atoms with E-state index in [2.05, 4.69) is 37.1 Å². The molecule has 1 N–H and O–H groups in total. The second kappa shape index (κ2) is 8.52. The zero-order valence-corrected chi connectivity index (χ0v) is 15.0. The van der Waals surface area contributed by atoms with E-state index in [0.29, 0.717) is 12.1 Å². The Labute approximate surface area is 139 Å². The summed E-state index contributed by atoms with van der Waals surface area (Å²) in [5.74, 6) is 1.56. The van der Waals surface area contributed by atoms with E-state index in [4.69, 9.17) is 14.2 Å². The molecule has 1 aliphatic rings. The Morgan fingerprint density at radius 1 is 1.30 bits per heavy atom. The maximum absolute atomic E-state index is 5.51. The van der Waals surface area contributed by atoms with Crippen LogP contribution in [0.3, 0.4) is 0 Å². The van der Waals surface area contributed by atoms with Crippen LogP contribution < -0.4 is 14.8 Å². The number of hydrogen-bond donors (Lipinski definition) is 1. The first-order chi connectivity index (χ1) is 11.1. The standard InChI is InChI=1S/C18H30N2O3/c1-13-8-17(21-4)18(22-5)9-16(13)11-19-10-14(2)20-6-7-23-12-15(20)3/h8-9,14-15,19H,6-7,10-12H2,1-5H3/t14-,15+/m0/s1. The number of methoxy groups -OCH3 is 2. The summed E-state index contributed by atoms with van der Waals surface area (Å²) in [5, 5.41) is 3.57. The summed E-state index contributed by atoms with van der Waals surface area (Å²) in [5.41, 5.74) is 2.45. The lowest BCUT2D eigenvalue weighted by molar-refractivity contribution is -0.0181. The highest BCUT2D eigenvalue weighted by Crippen LogP contribution is 2.30. The lowest BCUT2D eigenvalue weighted by atomic mass is 10.1. The van der Waals surface area contributed by atoms with Gasteiger partial charge in [0.1, 0.15) is 0 Å². The van der Waals surface area contributed by atoms with Gasteiger partial charge in [0.15, 0.2) is 11.5 Å². The molecule has 0 aliphatic carbocycles. The van der Waals surface area contributed by atoms with E-state index in [-0.39, 0.29) is 0 Å². The Bertz CT molecular complexity index is 507. The first-order valence-electron chi connectivity index (χ1n) is 8.32. The van der Waals surface area contributed by atoms with Crippen molar-refractivity contribution >= 4 is 0 Å². The molecule has 0 aromatic heterocycles. The average Bonchev–Trinajstić information content (AvgIpc) is 2.56. The number of benzene rings is 1. The normalized spacial score (nSPS) is 20.3. The molecule has 130 valence electrons. The zero-order valence-electron chi connectivity index (χ0n) is 15.0. The van der Waals surface area contributed by atoms with Gasteiger partial charge in [-0.2, -0.15) is 0 Å². The Kier molecular flexibility index (Phi) is 6.69. The maximum Gasteiger partial charge on any atom is 0.161 e. The highest BCUT2D eigenvalue weighted by Gasteiger charge is 2.23. The quantitative estimate of drug-likeness (QED) is 0.834. The van der Waals surface area contributed by atoms with E-state index in [9.17, 15) is 0 Å². The van der Waals surface area contributed by atoms with Crippen LogP contribution in [0.25, 0.3) is 0 Å². The van der Waals surface area contributed by atoms with Crippen molar-refractivity contribution in [1.29, 1.82) is 0 Å². The fraction of sp³-hybridized carbons (Fsp3) is 0.667. The van der Waals surface area contributed by atoms with Crippen LogP contribution in [0.1, 0.15) is 25.0 Å². The van der Waals surface area contributed by atoms with E-state index in [0.717, 1.165) is 44.3 Å². The van der Waals surface area contributed by atoms with Gasteiger partial charge in [0.25, 0.3) is 0 Å². The minimum Gasteiger partial charge on any atom is -0.493 e. The number of hydrogen-bond acceptors (Lipinski definition) is 5. The minimum absolute atomic E-state index is 0.489. The molecule has 1 aromatic rings. The molecule has 2 rings (SSSR count). The second-order valence-electron chi connectivity index (χ2n) is 6.28. The highest BCUT2D eigenvalue weighted by atomic mass is 16.5. The van der Waals surface area contributed by atoms with Crippen molar-refractivity contribution in [2.75, 3.05) is 40.5 Å². The highest BCUT2D eigenvalue weighted by molar-refractivity contribution is 5.46. The summed E-state index contributed by atoms with van der Waals surface area (Å²) in [6.07, 6.45) is 0. The van der Waals surface area contributed by atoms with Gasteiger partial charge in [0, 0.05) is 31.7 Å². The second-order valence-corrected chi connectivity index (χ2v) is 6.28. The van der Waals surface area contributed by atoms with E-state index >= 15 is 0 Å². The first kappa shape index (κ1) is 18.0. The molecule has 0 radical (unpaired) electrons. The van der Waals surface area contributed by atoms with Gasteiger partial charge in [-0.3, -0.25) is 4.90 Å². The maximum atomic E-state index is 5.51. The van der Waals surface area contributed by atoms with Crippen molar-refractivity contribution in [2.24, 2.45) is 0 Å². The van der Waals surface area contributed by atoms with Crippen LogP contribution >= 0.6 is 0 Å². The third-order valence-corrected chi connectivity index (χ3v) is 4.58. The molecule has 1 aliphatic heterocycles. The van der Waals surface area contributed by atoms with Crippen LogP contribution in [0.2, 0.25) is 0 Å².